The maximum absolute atomic E-state index is 3.96. The van der Waals surface area contributed by atoms with Crippen LogP contribution in [0.2, 0.25) is 0 Å². The molecule has 0 radical (unpaired) electrons. The van der Waals surface area contributed by atoms with E-state index in [-0.39, 0.29) is 0 Å². The van der Waals surface area contributed by atoms with E-state index in [4.69, 9.17) is 0 Å². The first-order valence-electron chi connectivity index (χ1n) is 3.63. The summed E-state index contributed by atoms with van der Waals surface area (Å²) in [6.45, 7) is 5.43. The molecule has 1 aliphatic rings. The van der Waals surface area contributed by atoms with Crippen LogP contribution in [-0.4, -0.2) is 21.6 Å². The van der Waals surface area contributed by atoms with Gasteiger partial charge < -0.3 is 0 Å². The molecule has 3 heteroatoms. The Bertz CT molecular complexity index is 208. The fourth-order valence-corrected chi connectivity index (χ4v) is 1.36. The third-order valence-electron chi connectivity index (χ3n) is 2.03. The van der Waals surface area contributed by atoms with E-state index in [2.05, 4.69) is 22.0 Å². The minimum atomic E-state index is 1.05. The number of aromatic nitrogens is 2. The lowest BCUT2D eigenvalue weighted by Gasteiger charge is -2.09. The summed E-state index contributed by atoms with van der Waals surface area (Å²) in [5, 5.41) is 6.95. The molecule has 0 bridgehead atoms. The summed E-state index contributed by atoms with van der Waals surface area (Å²) < 4.78 is 0. The van der Waals surface area contributed by atoms with Crippen LogP contribution in [0.3, 0.4) is 0 Å². The summed E-state index contributed by atoms with van der Waals surface area (Å²) in [7, 11) is 0. The van der Waals surface area contributed by atoms with Gasteiger partial charge in [0.2, 0.25) is 0 Å². The lowest BCUT2D eigenvalue weighted by Crippen LogP contribution is -2.15. The largest absolute Gasteiger partial charge is 0.293 e. The molecule has 1 aromatic heterocycles. The predicted octanol–water partition coefficient (Wildman–Crippen LogP) is 0.745. The van der Waals surface area contributed by atoms with Gasteiger partial charge in [-0.25, -0.2) is 0 Å². The zero-order chi connectivity index (χ0) is 6.97. The molecular formula is C7H11N3. The molecule has 0 saturated heterocycles. The SMILES string of the molecule is CCN1Cc2cn[nH]c2C1. The third kappa shape index (κ3) is 0.743. The van der Waals surface area contributed by atoms with Gasteiger partial charge >= 0.3 is 0 Å². The first-order chi connectivity index (χ1) is 4.90. The molecule has 0 saturated carbocycles. The molecule has 2 heterocycles. The number of nitrogens with one attached hydrogen (secondary N) is 1. The van der Waals surface area contributed by atoms with Gasteiger partial charge in [0.1, 0.15) is 0 Å². The second kappa shape index (κ2) is 2.09. The molecule has 0 spiro atoms. The van der Waals surface area contributed by atoms with Crippen molar-refractivity contribution in [1.29, 1.82) is 0 Å². The molecule has 2 rings (SSSR count). The van der Waals surface area contributed by atoms with E-state index < -0.39 is 0 Å². The molecule has 54 valence electrons. The molecular weight excluding hydrogens is 126 g/mol. The van der Waals surface area contributed by atoms with Crippen LogP contribution >= 0.6 is 0 Å². The van der Waals surface area contributed by atoms with E-state index in [1.807, 2.05) is 6.20 Å². The first-order valence-corrected chi connectivity index (χ1v) is 3.63. The highest BCUT2D eigenvalue weighted by molar-refractivity contribution is 5.20. The van der Waals surface area contributed by atoms with Crippen molar-refractivity contribution < 1.29 is 0 Å². The predicted molar refractivity (Wildman–Crippen MR) is 38.4 cm³/mol. The van der Waals surface area contributed by atoms with Crippen molar-refractivity contribution in [2.24, 2.45) is 0 Å². The summed E-state index contributed by atoms with van der Waals surface area (Å²) in [6, 6.07) is 0. The van der Waals surface area contributed by atoms with Gasteiger partial charge in [-0.1, -0.05) is 6.92 Å². The van der Waals surface area contributed by atoms with Gasteiger partial charge in [-0.15, -0.1) is 0 Å². The highest BCUT2D eigenvalue weighted by Crippen LogP contribution is 2.18. The second-order valence-corrected chi connectivity index (χ2v) is 2.68. The zero-order valence-electron chi connectivity index (χ0n) is 6.09. The fourth-order valence-electron chi connectivity index (χ4n) is 1.36. The Morgan fingerprint density at radius 3 is 3.30 bits per heavy atom. The van der Waals surface area contributed by atoms with Gasteiger partial charge in [-0.2, -0.15) is 5.10 Å². The number of nitrogens with zero attached hydrogens (tertiary/aromatic N) is 2. The van der Waals surface area contributed by atoms with E-state index in [0.717, 1.165) is 19.6 Å². The van der Waals surface area contributed by atoms with Crippen molar-refractivity contribution in [2.75, 3.05) is 6.54 Å². The Kier molecular flexibility index (Phi) is 1.24. The van der Waals surface area contributed by atoms with Crippen LogP contribution in [0, 0.1) is 0 Å². The molecule has 0 fully saturated rings. The van der Waals surface area contributed by atoms with Crippen LogP contribution in [0.25, 0.3) is 0 Å². The first kappa shape index (κ1) is 5.92. The van der Waals surface area contributed by atoms with Gasteiger partial charge in [-0.05, 0) is 6.54 Å². The zero-order valence-corrected chi connectivity index (χ0v) is 6.09. The molecule has 0 amide bonds. The molecule has 3 nitrogen and oxygen atoms in total. The number of H-pyrrole nitrogens is 1. The quantitative estimate of drug-likeness (QED) is 0.619. The van der Waals surface area contributed by atoms with Crippen molar-refractivity contribution in [1.82, 2.24) is 15.1 Å². The summed E-state index contributed by atoms with van der Waals surface area (Å²) in [6.07, 6.45) is 1.92. The fraction of sp³-hybridized carbons (Fsp3) is 0.571. The summed E-state index contributed by atoms with van der Waals surface area (Å²) >= 11 is 0. The smallest absolute Gasteiger partial charge is 0.0537 e. The lowest BCUT2D eigenvalue weighted by atomic mass is 10.3. The topological polar surface area (TPSA) is 31.9 Å². The van der Waals surface area contributed by atoms with E-state index in [9.17, 15) is 0 Å². The molecule has 1 aromatic rings. The highest BCUT2D eigenvalue weighted by atomic mass is 15.2. The van der Waals surface area contributed by atoms with Crippen LogP contribution in [0.5, 0.6) is 0 Å². The van der Waals surface area contributed by atoms with Crippen molar-refractivity contribution in [3.05, 3.63) is 17.5 Å². The van der Waals surface area contributed by atoms with Crippen LogP contribution < -0.4 is 0 Å². The van der Waals surface area contributed by atoms with E-state index >= 15 is 0 Å². The number of hydrogen-bond acceptors (Lipinski definition) is 2. The van der Waals surface area contributed by atoms with E-state index in [1.165, 1.54) is 11.3 Å². The standard InChI is InChI=1S/C7H11N3/c1-2-10-4-6-3-8-9-7(6)5-10/h3H,2,4-5H2,1H3,(H,8,9). The van der Waals surface area contributed by atoms with Crippen molar-refractivity contribution >= 4 is 0 Å². The molecule has 0 unspecified atom stereocenters. The monoisotopic (exact) mass is 137 g/mol. The number of hydrogen-bond donors (Lipinski definition) is 1. The van der Waals surface area contributed by atoms with Gasteiger partial charge in [0.15, 0.2) is 0 Å². The van der Waals surface area contributed by atoms with Crippen molar-refractivity contribution in [3.63, 3.8) is 0 Å². The summed E-state index contributed by atoms with van der Waals surface area (Å²) in [5.74, 6) is 0. The van der Waals surface area contributed by atoms with Crippen molar-refractivity contribution in [3.8, 4) is 0 Å². The molecule has 1 aliphatic heterocycles. The minimum Gasteiger partial charge on any atom is -0.293 e. The van der Waals surface area contributed by atoms with Crippen LogP contribution in [0.15, 0.2) is 6.20 Å². The molecule has 0 aliphatic carbocycles. The summed E-state index contributed by atoms with van der Waals surface area (Å²) in [5.41, 5.74) is 2.66. The highest BCUT2D eigenvalue weighted by Gasteiger charge is 2.18. The maximum atomic E-state index is 3.96. The Hall–Kier alpha value is -0.830. The minimum absolute atomic E-state index is 1.05. The molecule has 10 heavy (non-hydrogen) atoms. The van der Waals surface area contributed by atoms with E-state index in [1.54, 1.807) is 0 Å². The van der Waals surface area contributed by atoms with Crippen LogP contribution in [0.1, 0.15) is 18.2 Å². The molecule has 1 N–H and O–H groups in total. The van der Waals surface area contributed by atoms with Crippen molar-refractivity contribution in [2.45, 2.75) is 20.0 Å². The Balaban J connectivity index is 2.21. The lowest BCUT2D eigenvalue weighted by molar-refractivity contribution is 0.297. The Labute approximate surface area is 60.0 Å². The molecule has 0 atom stereocenters. The van der Waals surface area contributed by atoms with Gasteiger partial charge in [0, 0.05) is 18.7 Å². The second-order valence-electron chi connectivity index (χ2n) is 2.68. The Morgan fingerprint density at radius 2 is 2.60 bits per heavy atom. The van der Waals surface area contributed by atoms with Crippen LogP contribution in [0.4, 0.5) is 0 Å². The maximum Gasteiger partial charge on any atom is 0.0537 e. The average molecular weight is 137 g/mol. The average Bonchev–Trinajstić information content (AvgIpc) is 2.42. The Morgan fingerprint density at radius 1 is 1.70 bits per heavy atom. The summed E-state index contributed by atoms with van der Waals surface area (Å²) in [4.78, 5) is 2.38. The van der Waals surface area contributed by atoms with Gasteiger partial charge in [-0.3, -0.25) is 10.00 Å². The number of aromatic amines is 1. The van der Waals surface area contributed by atoms with E-state index in [0.29, 0.717) is 0 Å². The van der Waals surface area contributed by atoms with Gasteiger partial charge in [0.05, 0.1) is 11.9 Å². The van der Waals surface area contributed by atoms with Crippen LogP contribution in [-0.2, 0) is 13.1 Å². The third-order valence-corrected chi connectivity index (χ3v) is 2.03. The molecule has 0 aromatic carbocycles. The van der Waals surface area contributed by atoms with Gasteiger partial charge in [0.25, 0.3) is 0 Å². The number of fused-ring (bicyclic) bond motifs is 1. The normalized spacial score (nSPS) is 17.7. The number of rotatable bonds is 1.